The van der Waals surface area contributed by atoms with E-state index in [2.05, 4.69) is 10.1 Å². The second kappa shape index (κ2) is 6.23. The van der Waals surface area contributed by atoms with E-state index in [1.165, 1.54) is 11.0 Å². The van der Waals surface area contributed by atoms with E-state index in [1.807, 2.05) is 0 Å². The summed E-state index contributed by atoms with van der Waals surface area (Å²) in [6.45, 7) is 2.31. The molecule has 1 atom stereocenters. The Morgan fingerprint density at radius 3 is 2.89 bits per heavy atom. The van der Waals surface area contributed by atoms with E-state index in [4.69, 9.17) is 27.9 Å². The number of aromatic nitrogens is 3. The topological polar surface area (TPSA) is 60.2 Å². The van der Waals surface area contributed by atoms with Crippen molar-refractivity contribution in [2.45, 2.75) is 26.2 Å². The van der Waals surface area contributed by atoms with Crippen LogP contribution in [0.3, 0.4) is 0 Å². The Hall–Kier alpha value is -1.30. The first-order valence-electron chi connectivity index (χ1n) is 5.69. The summed E-state index contributed by atoms with van der Waals surface area (Å²) in [5.41, 5.74) is 0.804. The Labute approximate surface area is 120 Å². The van der Waals surface area contributed by atoms with Gasteiger partial charge in [0, 0.05) is 15.6 Å². The molecule has 2 rings (SSSR count). The van der Waals surface area contributed by atoms with Gasteiger partial charge in [-0.2, -0.15) is 4.98 Å². The number of hydrogen-bond donors (Lipinski definition) is 1. The van der Waals surface area contributed by atoms with Gasteiger partial charge in [0.2, 0.25) is 0 Å². The third-order valence-electron chi connectivity index (χ3n) is 2.34. The largest absolute Gasteiger partial charge is 0.457 e. The van der Waals surface area contributed by atoms with Crippen molar-refractivity contribution in [3.8, 4) is 6.01 Å². The molecule has 0 aliphatic rings. The highest BCUT2D eigenvalue weighted by Crippen LogP contribution is 2.21. The average Bonchev–Trinajstić information content (AvgIpc) is 2.74. The molecule has 1 unspecified atom stereocenters. The maximum absolute atomic E-state index is 9.23. The normalized spacial score (nSPS) is 12.4. The van der Waals surface area contributed by atoms with Crippen molar-refractivity contribution < 1.29 is 9.84 Å². The van der Waals surface area contributed by atoms with Crippen molar-refractivity contribution in [3.05, 3.63) is 40.1 Å². The zero-order valence-electron chi connectivity index (χ0n) is 10.3. The van der Waals surface area contributed by atoms with Crippen LogP contribution in [0.5, 0.6) is 6.01 Å². The molecule has 1 heterocycles. The third kappa shape index (κ3) is 4.09. The van der Waals surface area contributed by atoms with Crippen LogP contribution in [0.2, 0.25) is 10.0 Å². The quantitative estimate of drug-likeness (QED) is 0.922. The summed E-state index contributed by atoms with van der Waals surface area (Å²) in [6, 6.07) is 5.43. The molecule has 0 spiro atoms. The van der Waals surface area contributed by atoms with Gasteiger partial charge < -0.3 is 9.84 Å². The molecule has 0 radical (unpaired) electrons. The molecule has 1 aromatic carbocycles. The smallest absolute Gasteiger partial charge is 0.335 e. The van der Waals surface area contributed by atoms with Gasteiger partial charge in [0.15, 0.2) is 0 Å². The lowest BCUT2D eigenvalue weighted by molar-refractivity contribution is 0.167. The highest BCUT2D eigenvalue weighted by molar-refractivity contribution is 6.35. The summed E-state index contributed by atoms with van der Waals surface area (Å²) in [5.74, 6) is 0. The minimum Gasteiger partial charge on any atom is -0.457 e. The summed E-state index contributed by atoms with van der Waals surface area (Å²) in [7, 11) is 0. The standard InChI is InChI=1S/C12H13Cl2N3O2/c1-8(18)5-17-7-15-12(16-17)19-6-9-2-3-10(13)4-11(9)14/h2-4,7-8,18H,5-6H2,1H3. The molecule has 0 amide bonds. The fourth-order valence-corrected chi connectivity index (χ4v) is 1.95. The molecule has 5 nitrogen and oxygen atoms in total. The third-order valence-corrected chi connectivity index (χ3v) is 2.93. The minimum atomic E-state index is -0.486. The Morgan fingerprint density at radius 1 is 1.42 bits per heavy atom. The number of ether oxygens (including phenoxy) is 1. The van der Waals surface area contributed by atoms with Gasteiger partial charge in [-0.3, -0.25) is 0 Å². The molecule has 7 heteroatoms. The second-order valence-electron chi connectivity index (χ2n) is 4.12. The fraction of sp³-hybridized carbons (Fsp3) is 0.333. The molecular formula is C12H13Cl2N3O2. The van der Waals surface area contributed by atoms with Gasteiger partial charge in [0.05, 0.1) is 12.6 Å². The van der Waals surface area contributed by atoms with E-state index in [9.17, 15) is 5.11 Å². The number of benzene rings is 1. The van der Waals surface area contributed by atoms with E-state index < -0.39 is 6.10 Å². The lowest BCUT2D eigenvalue weighted by atomic mass is 10.2. The van der Waals surface area contributed by atoms with Crippen molar-refractivity contribution in [1.82, 2.24) is 14.8 Å². The molecular weight excluding hydrogens is 289 g/mol. The monoisotopic (exact) mass is 301 g/mol. The van der Waals surface area contributed by atoms with Crippen LogP contribution in [0.25, 0.3) is 0 Å². The highest BCUT2D eigenvalue weighted by atomic mass is 35.5. The van der Waals surface area contributed by atoms with Crippen LogP contribution in [0, 0.1) is 0 Å². The first-order chi connectivity index (χ1) is 9.04. The summed E-state index contributed by atoms with van der Waals surface area (Å²) in [5, 5.41) is 14.4. The van der Waals surface area contributed by atoms with E-state index in [1.54, 1.807) is 25.1 Å². The van der Waals surface area contributed by atoms with Crippen molar-refractivity contribution >= 4 is 23.2 Å². The van der Waals surface area contributed by atoms with Gasteiger partial charge in [0.1, 0.15) is 12.9 Å². The molecule has 1 N–H and O–H groups in total. The van der Waals surface area contributed by atoms with Gasteiger partial charge in [-0.05, 0) is 19.1 Å². The Morgan fingerprint density at radius 2 is 2.21 bits per heavy atom. The maximum atomic E-state index is 9.23. The number of nitrogens with zero attached hydrogens (tertiary/aromatic N) is 3. The molecule has 0 aliphatic heterocycles. The lowest BCUT2D eigenvalue weighted by Gasteiger charge is -2.05. The zero-order valence-corrected chi connectivity index (χ0v) is 11.8. The average molecular weight is 302 g/mol. The second-order valence-corrected chi connectivity index (χ2v) is 4.97. The number of hydrogen-bond acceptors (Lipinski definition) is 4. The van der Waals surface area contributed by atoms with Crippen LogP contribution in [0.15, 0.2) is 24.5 Å². The van der Waals surface area contributed by atoms with Gasteiger partial charge >= 0.3 is 6.01 Å². The SMILES string of the molecule is CC(O)Cn1cnc(OCc2ccc(Cl)cc2Cl)n1. The van der Waals surface area contributed by atoms with Crippen molar-refractivity contribution in [2.75, 3.05) is 0 Å². The number of aliphatic hydroxyl groups is 1. The predicted molar refractivity (Wildman–Crippen MR) is 72.5 cm³/mol. The summed E-state index contributed by atoms with van der Waals surface area (Å²) < 4.78 is 6.94. The summed E-state index contributed by atoms with van der Waals surface area (Å²) >= 11 is 11.8. The number of halogens is 2. The zero-order chi connectivity index (χ0) is 13.8. The number of rotatable bonds is 5. The van der Waals surface area contributed by atoms with E-state index in [0.717, 1.165) is 5.56 Å². The van der Waals surface area contributed by atoms with Gasteiger partial charge in [-0.1, -0.05) is 29.3 Å². The minimum absolute atomic E-state index is 0.242. The molecule has 19 heavy (non-hydrogen) atoms. The fourth-order valence-electron chi connectivity index (χ4n) is 1.48. The van der Waals surface area contributed by atoms with Crippen LogP contribution in [0.4, 0.5) is 0 Å². The van der Waals surface area contributed by atoms with E-state index in [0.29, 0.717) is 16.6 Å². The van der Waals surface area contributed by atoms with Crippen LogP contribution in [-0.4, -0.2) is 26.0 Å². The van der Waals surface area contributed by atoms with E-state index in [-0.39, 0.29) is 12.6 Å². The molecule has 0 bridgehead atoms. The van der Waals surface area contributed by atoms with Crippen molar-refractivity contribution in [2.24, 2.45) is 0 Å². The van der Waals surface area contributed by atoms with Crippen LogP contribution in [0.1, 0.15) is 12.5 Å². The Kier molecular flexibility index (Phi) is 4.63. The molecule has 102 valence electrons. The van der Waals surface area contributed by atoms with Gasteiger partial charge in [0.25, 0.3) is 0 Å². The van der Waals surface area contributed by atoms with Crippen molar-refractivity contribution in [3.63, 3.8) is 0 Å². The van der Waals surface area contributed by atoms with E-state index >= 15 is 0 Å². The first-order valence-corrected chi connectivity index (χ1v) is 6.44. The first kappa shape index (κ1) is 14.1. The van der Waals surface area contributed by atoms with Crippen LogP contribution < -0.4 is 4.74 Å². The lowest BCUT2D eigenvalue weighted by Crippen LogP contribution is -2.12. The predicted octanol–water partition coefficient (Wildman–Crippen LogP) is 2.54. The molecule has 0 fully saturated rings. The maximum Gasteiger partial charge on any atom is 0.335 e. The number of aliphatic hydroxyl groups excluding tert-OH is 1. The molecule has 0 saturated carbocycles. The molecule has 0 aliphatic carbocycles. The van der Waals surface area contributed by atoms with Gasteiger partial charge in [-0.15, -0.1) is 5.10 Å². The summed E-state index contributed by atoms with van der Waals surface area (Å²) in [4.78, 5) is 3.98. The molecule has 2 aromatic rings. The van der Waals surface area contributed by atoms with Crippen molar-refractivity contribution in [1.29, 1.82) is 0 Å². The molecule has 1 aromatic heterocycles. The molecule has 0 saturated heterocycles. The summed E-state index contributed by atoms with van der Waals surface area (Å²) in [6.07, 6.45) is 1.02. The van der Waals surface area contributed by atoms with Crippen LogP contribution >= 0.6 is 23.2 Å². The Bertz CT molecular complexity index is 558. The Balaban J connectivity index is 1.96. The highest BCUT2D eigenvalue weighted by Gasteiger charge is 2.06. The van der Waals surface area contributed by atoms with Crippen LogP contribution in [-0.2, 0) is 13.2 Å². The van der Waals surface area contributed by atoms with Gasteiger partial charge in [-0.25, -0.2) is 4.68 Å².